The summed E-state index contributed by atoms with van der Waals surface area (Å²) in [4.78, 5) is 23.1. The number of nitrogens with one attached hydrogen (secondary N) is 1. The Labute approximate surface area is 117 Å². The van der Waals surface area contributed by atoms with Crippen molar-refractivity contribution >= 4 is 11.9 Å². The van der Waals surface area contributed by atoms with Crippen LogP contribution in [0.1, 0.15) is 54.6 Å². The second-order valence-corrected chi connectivity index (χ2v) is 5.61. The SMILES string of the molecule is Cc1oncc1C(=O)NCC1(CC(=O)O)CCCCC1. The van der Waals surface area contributed by atoms with E-state index in [4.69, 9.17) is 9.63 Å². The number of carboxylic acid groups (broad SMARTS) is 1. The number of carbonyl (C=O) groups excluding carboxylic acids is 1. The first-order valence-corrected chi connectivity index (χ1v) is 6.94. The third kappa shape index (κ3) is 3.37. The summed E-state index contributed by atoms with van der Waals surface area (Å²) in [7, 11) is 0. The number of carbonyl (C=O) groups is 2. The van der Waals surface area contributed by atoms with Gasteiger partial charge in [0.25, 0.3) is 5.91 Å². The van der Waals surface area contributed by atoms with Gasteiger partial charge in [0, 0.05) is 6.54 Å². The molecule has 0 bridgehead atoms. The van der Waals surface area contributed by atoms with E-state index in [0.29, 0.717) is 17.9 Å². The standard InChI is InChI=1S/C14H20N2O4/c1-10-11(8-16-20-10)13(19)15-9-14(7-12(17)18)5-3-2-4-6-14/h8H,2-7,9H2,1H3,(H,15,19)(H,17,18). The van der Waals surface area contributed by atoms with E-state index >= 15 is 0 Å². The predicted octanol–water partition coefficient (Wildman–Crippen LogP) is 2.14. The molecule has 0 atom stereocenters. The minimum atomic E-state index is -0.803. The van der Waals surface area contributed by atoms with Crippen LogP contribution in [0, 0.1) is 12.3 Å². The van der Waals surface area contributed by atoms with Crippen molar-refractivity contribution in [2.45, 2.75) is 45.4 Å². The molecule has 1 aliphatic carbocycles. The van der Waals surface area contributed by atoms with Crippen molar-refractivity contribution in [1.29, 1.82) is 0 Å². The quantitative estimate of drug-likeness (QED) is 0.862. The number of hydrogen-bond donors (Lipinski definition) is 2. The van der Waals surface area contributed by atoms with Gasteiger partial charge in [0.15, 0.2) is 0 Å². The number of carboxylic acids is 1. The van der Waals surface area contributed by atoms with E-state index in [-0.39, 0.29) is 17.7 Å². The number of aromatic nitrogens is 1. The molecule has 1 aliphatic rings. The van der Waals surface area contributed by atoms with Crippen molar-refractivity contribution in [3.05, 3.63) is 17.5 Å². The molecule has 0 unspecified atom stereocenters. The van der Waals surface area contributed by atoms with E-state index in [1.165, 1.54) is 6.20 Å². The molecule has 1 amide bonds. The van der Waals surface area contributed by atoms with E-state index in [9.17, 15) is 9.59 Å². The molecule has 1 saturated carbocycles. The smallest absolute Gasteiger partial charge is 0.303 e. The molecule has 1 aromatic rings. The largest absolute Gasteiger partial charge is 0.481 e. The summed E-state index contributed by atoms with van der Waals surface area (Å²) in [6.07, 6.45) is 6.38. The number of amides is 1. The van der Waals surface area contributed by atoms with Gasteiger partial charge in [0.1, 0.15) is 11.3 Å². The Morgan fingerprint density at radius 1 is 1.40 bits per heavy atom. The van der Waals surface area contributed by atoms with Crippen molar-refractivity contribution in [3.8, 4) is 0 Å². The zero-order chi connectivity index (χ0) is 14.6. The second-order valence-electron chi connectivity index (χ2n) is 5.61. The molecular formula is C14H20N2O4. The molecule has 20 heavy (non-hydrogen) atoms. The fourth-order valence-corrected chi connectivity index (χ4v) is 2.92. The Bertz CT molecular complexity index is 489. The minimum Gasteiger partial charge on any atom is -0.481 e. The number of aryl methyl sites for hydroxylation is 1. The Morgan fingerprint density at radius 2 is 2.10 bits per heavy atom. The topological polar surface area (TPSA) is 92.4 Å². The Morgan fingerprint density at radius 3 is 2.65 bits per heavy atom. The molecule has 6 heteroatoms. The summed E-state index contributed by atoms with van der Waals surface area (Å²) in [5.74, 6) is -0.583. The highest BCUT2D eigenvalue weighted by Gasteiger charge is 2.35. The third-order valence-corrected chi connectivity index (χ3v) is 4.06. The lowest BCUT2D eigenvalue weighted by molar-refractivity contribution is -0.140. The van der Waals surface area contributed by atoms with Gasteiger partial charge in [-0.25, -0.2) is 0 Å². The highest BCUT2D eigenvalue weighted by atomic mass is 16.5. The lowest BCUT2D eigenvalue weighted by Gasteiger charge is -2.36. The highest BCUT2D eigenvalue weighted by Crippen LogP contribution is 2.38. The zero-order valence-electron chi connectivity index (χ0n) is 11.6. The van der Waals surface area contributed by atoms with Crippen molar-refractivity contribution in [2.75, 3.05) is 6.54 Å². The lowest BCUT2D eigenvalue weighted by atomic mass is 9.71. The number of rotatable bonds is 5. The second kappa shape index (κ2) is 6.07. The lowest BCUT2D eigenvalue weighted by Crippen LogP contribution is -2.40. The normalized spacial score (nSPS) is 17.6. The van der Waals surface area contributed by atoms with Crippen LogP contribution in [-0.4, -0.2) is 28.7 Å². The summed E-state index contributed by atoms with van der Waals surface area (Å²) in [5, 5.41) is 15.5. The minimum absolute atomic E-state index is 0.107. The zero-order valence-corrected chi connectivity index (χ0v) is 11.6. The Balaban J connectivity index is 2.00. The van der Waals surface area contributed by atoms with Gasteiger partial charge in [-0.05, 0) is 25.2 Å². The number of hydrogen-bond acceptors (Lipinski definition) is 4. The summed E-state index contributed by atoms with van der Waals surface area (Å²) >= 11 is 0. The van der Waals surface area contributed by atoms with Crippen LogP contribution in [0.15, 0.2) is 10.7 Å². The first kappa shape index (κ1) is 14.6. The van der Waals surface area contributed by atoms with Gasteiger partial charge < -0.3 is 14.9 Å². The molecular weight excluding hydrogens is 260 g/mol. The van der Waals surface area contributed by atoms with E-state index in [0.717, 1.165) is 32.1 Å². The molecule has 2 rings (SSSR count). The highest BCUT2D eigenvalue weighted by molar-refractivity contribution is 5.94. The van der Waals surface area contributed by atoms with Crippen LogP contribution < -0.4 is 5.32 Å². The van der Waals surface area contributed by atoms with Crippen LogP contribution in [0.4, 0.5) is 0 Å². The van der Waals surface area contributed by atoms with Crippen molar-refractivity contribution in [3.63, 3.8) is 0 Å². The fraction of sp³-hybridized carbons (Fsp3) is 0.643. The Hall–Kier alpha value is -1.85. The number of aliphatic carboxylic acids is 1. The summed E-state index contributed by atoms with van der Waals surface area (Å²) in [6, 6.07) is 0. The molecule has 6 nitrogen and oxygen atoms in total. The van der Waals surface area contributed by atoms with Crippen LogP contribution >= 0.6 is 0 Å². The van der Waals surface area contributed by atoms with Gasteiger partial charge >= 0.3 is 5.97 Å². The van der Waals surface area contributed by atoms with E-state index in [1.54, 1.807) is 6.92 Å². The summed E-state index contributed by atoms with van der Waals surface area (Å²) < 4.78 is 4.86. The molecule has 0 spiro atoms. The molecule has 0 radical (unpaired) electrons. The fourth-order valence-electron chi connectivity index (χ4n) is 2.92. The first-order chi connectivity index (χ1) is 9.52. The van der Waals surface area contributed by atoms with Gasteiger partial charge in [-0.3, -0.25) is 9.59 Å². The van der Waals surface area contributed by atoms with Crippen molar-refractivity contribution in [2.24, 2.45) is 5.41 Å². The van der Waals surface area contributed by atoms with E-state index < -0.39 is 5.97 Å². The maximum atomic E-state index is 12.0. The van der Waals surface area contributed by atoms with Gasteiger partial charge in [0.2, 0.25) is 0 Å². The molecule has 2 N–H and O–H groups in total. The molecule has 0 aliphatic heterocycles. The molecule has 0 aromatic carbocycles. The first-order valence-electron chi connectivity index (χ1n) is 6.94. The van der Waals surface area contributed by atoms with Crippen LogP contribution in [0.3, 0.4) is 0 Å². The Kier molecular flexibility index (Phi) is 4.42. The molecule has 1 aromatic heterocycles. The van der Waals surface area contributed by atoms with Gasteiger partial charge in [-0.15, -0.1) is 0 Å². The number of nitrogens with zero attached hydrogens (tertiary/aromatic N) is 1. The van der Waals surface area contributed by atoms with Crippen LogP contribution in [0.2, 0.25) is 0 Å². The average Bonchev–Trinajstić information content (AvgIpc) is 2.83. The van der Waals surface area contributed by atoms with Gasteiger partial charge in [0.05, 0.1) is 12.6 Å². The molecule has 0 saturated heterocycles. The third-order valence-electron chi connectivity index (χ3n) is 4.06. The maximum Gasteiger partial charge on any atom is 0.303 e. The van der Waals surface area contributed by atoms with E-state index in [1.807, 2.05) is 0 Å². The van der Waals surface area contributed by atoms with Gasteiger partial charge in [-0.1, -0.05) is 24.4 Å². The summed E-state index contributed by atoms with van der Waals surface area (Å²) in [6.45, 7) is 2.07. The average molecular weight is 280 g/mol. The van der Waals surface area contributed by atoms with Crippen LogP contribution in [0.25, 0.3) is 0 Å². The van der Waals surface area contributed by atoms with Gasteiger partial charge in [-0.2, -0.15) is 0 Å². The van der Waals surface area contributed by atoms with Crippen LogP contribution in [0.5, 0.6) is 0 Å². The molecule has 110 valence electrons. The van der Waals surface area contributed by atoms with Crippen LogP contribution in [-0.2, 0) is 4.79 Å². The van der Waals surface area contributed by atoms with E-state index in [2.05, 4.69) is 10.5 Å². The van der Waals surface area contributed by atoms with Crippen molar-refractivity contribution < 1.29 is 19.2 Å². The molecule has 1 heterocycles. The summed E-state index contributed by atoms with van der Waals surface area (Å²) in [5.41, 5.74) is 0.0939. The monoisotopic (exact) mass is 280 g/mol. The molecule has 1 fully saturated rings. The maximum absolute atomic E-state index is 12.0. The van der Waals surface area contributed by atoms with Crippen molar-refractivity contribution in [1.82, 2.24) is 10.5 Å². The predicted molar refractivity (Wildman–Crippen MR) is 71.3 cm³/mol.